The van der Waals surface area contributed by atoms with Gasteiger partial charge in [0.2, 0.25) is 12.7 Å². The van der Waals surface area contributed by atoms with E-state index in [1.54, 1.807) is 7.05 Å². The van der Waals surface area contributed by atoms with Crippen LogP contribution < -0.4 is 16.3 Å². The van der Waals surface area contributed by atoms with Crippen LogP contribution in [0.3, 0.4) is 0 Å². The number of phosphoric acid groups is 1. The largest absolute Gasteiger partial charge is 0.469 e. The molecule has 0 bridgehead atoms. The first kappa shape index (κ1) is 28.6. The zero-order chi connectivity index (χ0) is 25.8. The first-order valence-electron chi connectivity index (χ1n) is 10.8. The van der Waals surface area contributed by atoms with E-state index in [1.165, 1.54) is 16.8 Å². The van der Waals surface area contributed by atoms with Gasteiger partial charge in [-0.1, -0.05) is 0 Å². The van der Waals surface area contributed by atoms with Crippen LogP contribution in [0.25, 0.3) is 0 Å². The molecule has 2 atom stereocenters. The molecule has 196 valence electrons. The maximum absolute atomic E-state index is 12.3. The van der Waals surface area contributed by atoms with E-state index < -0.39 is 50.5 Å². The van der Waals surface area contributed by atoms with E-state index in [1.807, 2.05) is 0 Å². The van der Waals surface area contributed by atoms with Crippen molar-refractivity contribution in [1.82, 2.24) is 14.9 Å². The maximum Gasteiger partial charge on any atom is 0.469 e. The fourth-order valence-corrected chi connectivity index (χ4v) is 3.39. The lowest BCUT2D eigenvalue weighted by atomic mass is 10.2. The van der Waals surface area contributed by atoms with Gasteiger partial charge in [0, 0.05) is 19.0 Å². The summed E-state index contributed by atoms with van der Waals surface area (Å²) in [4.78, 5) is 68.7. The van der Waals surface area contributed by atoms with Crippen molar-refractivity contribution < 1.29 is 47.5 Å². The Balaban J connectivity index is 1.71. The second kappa shape index (κ2) is 14.0. The van der Waals surface area contributed by atoms with Gasteiger partial charge in [0.15, 0.2) is 0 Å². The molecule has 0 spiro atoms. The standard InChI is InChI=1S/C19H29N4O11P/c1-20-9-2-3-17(25)31-12-32-18(26)7-5-15(24)21-14-8-10-23(19(27)22-14)16-6-4-13(34-16)11-33-35(28,29)30/h8,10,13,16,20H,2-7,9,11-12H2,1H3,(H2,28,29,30)(H,21,22,24,27)/t13-,16+/m0/s1. The predicted molar refractivity (Wildman–Crippen MR) is 118 cm³/mol. The molecule has 1 aromatic rings. The Labute approximate surface area is 200 Å². The number of ether oxygens (including phenoxy) is 3. The van der Waals surface area contributed by atoms with Crippen molar-refractivity contribution in [3.8, 4) is 0 Å². The van der Waals surface area contributed by atoms with Crippen molar-refractivity contribution in [3.63, 3.8) is 0 Å². The number of hydrogen-bond donors (Lipinski definition) is 4. The van der Waals surface area contributed by atoms with E-state index in [-0.39, 0.29) is 31.7 Å². The van der Waals surface area contributed by atoms with E-state index in [9.17, 15) is 23.7 Å². The predicted octanol–water partition coefficient (Wildman–Crippen LogP) is -0.208. The first-order chi connectivity index (χ1) is 16.6. The van der Waals surface area contributed by atoms with E-state index in [4.69, 9.17) is 24.0 Å². The molecular formula is C19H29N4O11P. The summed E-state index contributed by atoms with van der Waals surface area (Å²) >= 11 is 0. The van der Waals surface area contributed by atoms with Gasteiger partial charge in [0.25, 0.3) is 0 Å². The summed E-state index contributed by atoms with van der Waals surface area (Å²) in [5.41, 5.74) is -0.708. The van der Waals surface area contributed by atoms with Crippen LogP contribution >= 0.6 is 7.82 Å². The number of esters is 2. The summed E-state index contributed by atoms with van der Waals surface area (Å²) < 4.78 is 31.4. The molecule has 1 aliphatic rings. The third-order valence-corrected chi connectivity index (χ3v) is 5.21. The Morgan fingerprint density at radius 2 is 1.91 bits per heavy atom. The number of anilines is 1. The van der Waals surface area contributed by atoms with E-state index in [0.717, 1.165) is 0 Å². The summed E-state index contributed by atoms with van der Waals surface area (Å²) in [6.45, 7) is -0.201. The minimum absolute atomic E-state index is 0.0282. The molecule has 1 aliphatic heterocycles. The number of nitrogens with one attached hydrogen (secondary N) is 2. The number of hydrogen-bond acceptors (Lipinski definition) is 11. The molecule has 0 unspecified atom stereocenters. The third-order valence-electron chi connectivity index (χ3n) is 4.73. The molecule has 2 rings (SSSR count). The van der Waals surface area contributed by atoms with Crippen LogP contribution in [0.5, 0.6) is 0 Å². The molecular weight excluding hydrogens is 491 g/mol. The van der Waals surface area contributed by atoms with Gasteiger partial charge in [-0.05, 0) is 38.9 Å². The zero-order valence-electron chi connectivity index (χ0n) is 19.1. The molecule has 1 aromatic heterocycles. The first-order valence-corrected chi connectivity index (χ1v) is 12.3. The van der Waals surface area contributed by atoms with E-state index in [0.29, 0.717) is 25.8 Å². The summed E-state index contributed by atoms with van der Waals surface area (Å²) in [6.07, 6.45) is 1.15. The van der Waals surface area contributed by atoms with Gasteiger partial charge in [-0.15, -0.1) is 0 Å². The normalized spacial score (nSPS) is 17.7. The number of amides is 1. The molecule has 35 heavy (non-hydrogen) atoms. The average Bonchev–Trinajstić information content (AvgIpc) is 3.25. The van der Waals surface area contributed by atoms with Crippen molar-refractivity contribution in [2.45, 2.75) is 50.9 Å². The van der Waals surface area contributed by atoms with Gasteiger partial charge in [-0.3, -0.25) is 23.5 Å². The van der Waals surface area contributed by atoms with E-state index in [2.05, 4.69) is 20.1 Å². The highest BCUT2D eigenvalue weighted by Gasteiger charge is 2.29. The summed E-state index contributed by atoms with van der Waals surface area (Å²) in [7, 11) is -2.86. The fourth-order valence-electron chi connectivity index (χ4n) is 3.03. The quantitative estimate of drug-likeness (QED) is 0.109. The monoisotopic (exact) mass is 520 g/mol. The summed E-state index contributed by atoms with van der Waals surface area (Å²) in [5.74, 6) is -1.84. The lowest BCUT2D eigenvalue weighted by molar-refractivity contribution is -0.167. The van der Waals surface area contributed by atoms with Gasteiger partial charge < -0.3 is 34.6 Å². The Kier molecular flexibility index (Phi) is 11.4. The SMILES string of the molecule is CNCCCC(=O)OCOC(=O)CCC(=O)Nc1ccn([C@H]2CC[C@@H](COP(=O)(O)O)O2)c(=O)n1. The fraction of sp³-hybridized carbons (Fsp3) is 0.632. The summed E-state index contributed by atoms with van der Waals surface area (Å²) in [6, 6.07) is 1.37. The minimum atomic E-state index is -4.62. The summed E-state index contributed by atoms with van der Waals surface area (Å²) in [5, 5.41) is 5.28. The second-order valence-corrected chi connectivity index (χ2v) is 8.72. The van der Waals surface area contributed by atoms with Crippen molar-refractivity contribution in [3.05, 3.63) is 22.7 Å². The average molecular weight is 520 g/mol. The van der Waals surface area contributed by atoms with Crippen molar-refractivity contribution in [2.75, 3.05) is 32.3 Å². The molecule has 2 heterocycles. The van der Waals surface area contributed by atoms with Crippen molar-refractivity contribution in [2.24, 2.45) is 0 Å². The van der Waals surface area contributed by atoms with Crippen LogP contribution in [0.4, 0.5) is 5.82 Å². The van der Waals surface area contributed by atoms with Crippen LogP contribution in [0.1, 0.15) is 44.8 Å². The van der Waals surface area contributed by atoms with Gasteiger partial charge in [-0.25, -0.2) is 9.36 Å². The number of phosphoric ester groups is 1. The maximum atomic E-state index is 12.3. The van der Waals surface area contributed by atoms with E-state index >= 15 is 0 Å². The molecule has 0 aliphatic carbocycles. The number of aromatic nitrogens is 2. The lowest BCUT2D eigenvalue weighted by Crippen LogP contribution is -2.28. The molecule has 15 nitrogen and oxygen atoms in total. The van der Waals surface area contributed by atoms with Crippen molar-refractivity contribution in [1.29, 1.82) is 0 Å². The third kappa shape index (κ3) is 11.1. The highest BCUT2D eigenvalue weighted by molar-refractivity contribution is 7.46. The van der Waals surface area contributed by atoms with Crippen LogP contribution in [-0.2, 0) is 37.7 Å². The number of nitrogens with zero attached hydrogens (tertiary/aromatic N) is 2. The molecule has 1 amide bonds. The minimum Gasteiger partial charge on any atom is -0.428 e. The Bertz CT molecular complexity index is 980. The van der Waals surface area contributed by atoms with Crippen LogP contribution in [-0.4, -0.2) is 70.3 Å². The molecule has 4 N–H and O–H groups in total. The molecule has 0 saturated carbocycles. The van der Waals surface area contributed by atoms with Gasteiger partial charge in [-0.2, -0.15) is 4.98 Å². The van der Waals surface area contributed by atoms with Gasteiger partial charge in [0.05, 0.1) is 19.1 Å². The Morgan fingerprint density at radius 1 is 1.20 bits per heavy atom. The molecule has 1 fully saturated rings. The number of carbonyl (C=O) groups is 3. The highest BCUT2D eigenvalue weighted by atomic mass is 31.2. The van der Waals surface area contributed by atoms with Crippen LogP contribution in [0, 0.1) is 0 Å². The smallest absolute Gasteiger partial charge is 0.428 e. The van der Waals surface area contributed by atoms with Crippen molar-refractivity contribution >= 4 is 31.5 Å². The Hall–Kier alpha value is -2.68. The van der Waals surface area contributed by atoms with Gasteiger partial charge >= 0.3 is 25.5 Å². The molecule has 16 heteroatoms. The zero-order valence-corrected chi connectivity index (χ0v) is 20.0. The number of carbonyl (C=O) groups excluding carboxylic acids is 3. The van der Waals surface area contributed by atoms with Gasteiger partial charge in [0.1, 0.15) is 12.0 Å². The number of rotatable bonds is 14. The Morgan fingerprint density at radius 3 is 2.57 bits per heavy atom. The highest BCUT2D eigenvalue weighted by Crippen LogP contribution is 2.37. The topological polar surface area (TPSA) is 205 Å². The molecule has 1 saturated heterocycles. The molecule has 0 radical (unpaired) electrons. The molecule has 0 aromatic carbocycles. The van der Waals surface area contributed by atoms with Crippen LogP contribution in [0.15, 0.2) is 17.1 Å². The second-order valence-electron chi connectivity index (χ2n) is 7.48. The lowest BCUT2D eigenvalue weighted by Gasteiger charge is -2.16. The van der Waals surface area contributed by atoms with Crippen LogP contribution in [0.2, 0.25) is 0 Å².